The third-order valence-electron chi connectivity index (χ3n) is 2.55. The van der Waals surface area contributed by atoms with Crippen LogP contribution in [0, 0.1) is 13.8 Å². The van der Waals surface area contributed by atoms with Crippen molar-refractivity contribution in [2.45, 2.75) is 13.8 Å². The van der Waals surface area contributed by atoms with Crippen molar-refractivity contribution in [1.29, 1.82) is 0 Å². The van der Waals surface area contributed by atoms with E-state index < -0.39 is 5.91 Å². The van der Waals surface area contributed by atoms with Gasteiger partial charge < -0.3 is 10.3 Å². The number of aromatic amines is 1. The number of amides is 1. The fourth-order valence-corrected chi connectivity index (χ4v) is 1.84. The number of hydrogen-bond acceptors (Lipinski definition) is 2. The number of hydrogen-bond donors (Lipinski definition) is 2. The standard InChI is InChI=1S/C14H14N2O2/c1-9-5-10(2)7-11(6-9)16-14(18)12-8-15-4-3-13(12)17/h3-8H,1-2H3,(H,15,17)(H,16,18). The van der Waals surface area contributed by atoms with E-state index in [0.717, 1.165) is 11.1 Å². The molecule has 0 aliphatic carbocycles. The van der Waals surface area contributed by atoms with Gasteiger partial charge >= 0.3 is 0 Å². The van der Waals surface area contributed by atoms with Crippen molar-refractivity contribution in [2.75, 3.05) is 5.32 Å². The zero-order valence-electron chi connectivity index (χ0n) is 10.3. The minimum absolute atomic E-state index is 0.108. The number of H-pyrrole nitrogens is 1. The van der Waals surface area contributed by atoms with Crippen LogP contribution in [-0.2, 0) is 0 Å². The van der Waals surface area contributed by atoms with Crippen LogP contribution in [0.2, 0.25) is 0 Å². The third kappa shape index (κ3) is 2.66. The maximum atomic E-state index is 11.9. The molecule has 0 atom stereocenters. The molecule has 0 saturated carbocycles. The third-order valence-corrected chi connectivity index (χ3v) is 2.55. The van der Waals surface area contributed by atoms with E-state index in [4.69, 9.17) is 0 Å². The average molecular weight is 242 g/mol. The van der Waals surface area contributed by atoms with Gasteiger partial charge in [0.05, 0.1) is 0 Å². The number of pyridine rings is 1. The van der Waals surface area contributed by atoms with Crippen molar-refractivity contribution >= 4 is 11.6 Å². The van der Waals surface area contributed by atoms with Crippen LogP contribution < -0.4 is 10.7 Å². The van der Waals surface area contributed by atoms with Gasteiger partial charge in [0, 0.05) is 24.1 Å². The van der Waals surface area contributed by atoms with Gasteiger partial charge in [-0.2, -0.15) is 0 Å². The van der Waals surface area contributed by atoms with Crippen LogP contribution in [0.1, 0.15) is 21.5 Å². The summed E-state index contributed by atoms with van der Waals surface area (Å²) in [6.45, 7) is 3.91. The highest BCUT2D eigenvalue weighted by atomic mass is 16.2. The lowest BCUT2D eigenvalue weighted by molar-refractivity contribution is 0.102. The summed E-state index contributed by atoms with van der Waals surface area (Å²) < 4.78 is 0. The van der Waals surface area contributed by atoms with Crippen molar-refractivity contribution < 1.29 is 4.79 Å². The molecule has 4 heteroatoms. The van der Waals surface area contributed by atoms with Crippen LogP contribution in [0.4, 0.5) is 5.69 Å². The summed E-state index contributed by atoms with van der Waals surface area (Å²) in [5.74, 6) is -0.401. The Balaban J connectivity index is 2.27. The van der Waals surface area contributed by atoms with Crippen LogP contribution in [0.3, 0.4) is 0 Å². The predicted molar refractivity (Wildman–Crippen MR) is 70.9 cm³/mol. The van der Waals surface area contributed by atoms with E-state index in [2.05, 4.69) is 10.3 Å². The Morgan fingerprint density at radius 2 is 1.83 bits per heavy atom. The summed E-state index contributed by atoms with van der Waals surface area (Å²) in [7, 11) is 0. The van der Waals surface area contributed by atoms with Crippen LogP contribution in [0.25, 0.3) is 0 Å². The fraction of sp³-hybridized carbons (Fsp3) is 0.143. The van der Waals surface area contributed by atoms with Gasteiger partial charge in [0.15, 0.2) is 5.43 Å². The minimum Gasteiger partial charge on any atom is -0.367 e. The number of benzene rings is 1. The van der Waals surface area contributed by atoms with E-state index in [1.165, 1.54) is 18.5 Å². The Labute approximate surface area is 105 Å². The SMILES string of the molecule is Cc1cc(C)cc(NC(=O)c2c[nH]ccc2=O)c1. The topological polar surface area (TPSA) is 62.0 Å². The summed E-state index contributed by atoms with van der Waals surface area (Å²) in [5, 5.41) is 2.72. The molecule has 0 aliphatic rings. The maximum absolute atomic E-state index is 11.9. The van der Waals surface area contributed by atoms with Crippen molar-refractivity contribution in [3.8, 4) is 0 Å². The number of carbonyl (C=O) groups is 1. The molecule has 1 heterocycles. The lowest BCUT2D eigenvalue weighted by Crippen LogP contribution is -2.20. The van der Waals surface area contributed by atoms with Gasteiger partial charge in [-0.1, -0.05) is 6.07 Å². The van der Waals surface area contributed by atoms with Crippen LogP contribution in [-0.4, -0.2) is 10.9 Å². The van der Waals surface area contributed by atoms with Gasteiger partial charge in [0.25, 0.3) is 5.91 Å². The van der Waals surface area contributed by atoms with Crippen LogP contribution in [0.15, 0.2) is 41.5 Å². The lowest BCUT2D eigenvalue weighted by Gasteiger charge is -2.07. The molecule has 1 aromatic heterocycles. The second-order valence-electron chi connectivity index (χ2n) is 4.25. The molecule has 1 aromatic carbocycles. The molecule has 0 saturated heterocycles. The van der Waals surface area contributed by atoms with E-state index in [9.17, 15) is 9.59 Å². The zero-order valence-corrected chi connectivity index (χ0v) is 10.3. The summed E-state index contributed by atoms with van der Waals surface area (Å²) in [6.07, 6.45) is 2.90. The Bertz CT molecular complexity index is 624. The molecule has 0 aliphatic heterocycles. The molecule has 0 bridgehead atoms. The van der Waals surface area contributed by atoms with Gasteiger partial charge in [0.1, 0.15) is 5.56 Å². The highest BCUT2D eigenvalue weighted by molar-refractivity contribution is 6.04. The minimum atomic E-state index is -0.401. The Hall–Kier alpha value is -2.36. The second kappa shape index (κ2) is 4.87. The van der Waals surface area contributed by atoms with Gasteiger partial charge in [-0.3, -0.25) is 9.59 Å². The molecule has 2 N–H and O–H groups in total. The smallest absolute Gasteiger partial charge is 0.261 e. The van der Waals surface area contributed by atoms with Gasteiger partial charge in [-0.15, -0.1) is 0 Å². The van der Waals surface area contributed by atoms with E-state index >= 15 is 0 Å². The zero-order chi connectivity index (χ0) is 13.1. The quantitative estimate of drug-likeness (QED) is 0.848. The number of anilines is 1. The van der Waals surface area contributed by atoms with E-state index in [1.54, 1.807) is 0 Å². The van der Waals surface area contributed by atoms with Gasteiger partial charge in [0.2, 0.25) is 0 Å². The van der Waals surface area contributed by atoms with Crippen molar-refractivity contribution in [3.05, 3.63) is 63.6 Å². The first-order valence-corrected chi connectivity index (χ1v) is 5.63. The maximum Gasteiger partial charge on any atom is 0.261 e. The molecule has 4 nitrogen and oxygen atoms in total. The number of carbonyl (C=O) groups excluding carboxylic acids is 1. The normalized spacial score (nSPS) is 10.1. The summed E-state index contributed by atoms with van der Waals surface area (Å²) in [6, 6.07) is 7.07. The Morgan fingerprint density at radius 1 is 1.17 bits per heavy atom. The van der Waals surface area contributed by atoms with Crippen molar-refractivity contribution in [3.63, 3.8) is 0 Å². The highest BCUT2D eigenvalue weighted by Crippen LogP contribution is 2.14. The number of rotatable bonds is 2. The Kier molecular flexibility index (Phi) is 3.28. The number of aryl methyl sites for hydroxylation is 2. The largest absolute Gasteiger partial charge is 0.367 e. The highest BCUT2D eigenvalue weighted by Gasteiger charge is 2.09. The lowest BCUT2D eigenvalue weighted by atomic mass is 10.1. The number of nitrogens with one attached hydrogen (secondary N) is 2. The molecule has 18 heavy (non-hydrogen) atoms. The first-order valence-electron chi connectivity index (χ1n) is 5.63. The first kappa shape index (κ1) is 12.1. The molecule has 2 aromatic rings. The predicted octanol–water partition coefficient (Wildman–Crippen LogP) is 2.24. The van der Waals surface area contributed by atoms with Gasteiger partial charge in [-0.05, 0) is 37.1 Å². The Morgan fingerprint density at radius 3 is 2.44 bits per heavy atom. The van der Waals surface area contributed by atoms with E-state index in [1.807, 2.05) is 32.0 Å². The average Bonchev–Trinajstić information content (AvgIpc) is 2.27. The van der Waals surface area contributed by atoms with E-state index in [-0.39, 0.29) is 11.0 Å². The fourth-order valence-electron chi connectivity index (χ4n) is 1.84. The molecule has 0 radical (unpaired) electrons. The molecule has 2 rings (SSSR count). The molecule has 0 spiro atoms. The molecule has 92 valence electrons. The van der Waals surface area contributed by atoms with Crippen molar-refractivity contribution in [1.82, 2.24) is 4.98 Å². The van der Waals surface area contributed by atoms with Gasteiger partial charge in [-0.25, -0.2) is 0 Å². The molecule has 1 amide bonds. The van der Waals surface area contributed by atoms with Crippen molar-refractivity contribution in [2.24, 2.45) is 0 Å². The van der Waals surface area contributed by atoms with Crippen LogP contribution >= 0.6 is 0 Å². The monoisotopic (exact) mass is 242 g/mol. The molecule has 0 fully saturated rings. The van der Waals surface area contributed by atoms with E-state index in [0.29, 0.717) is 5.69 Å². The molecular weight excluding hydrogens is 228 g/mol. The second-order valence-corrected chi connectivity index (χ2v) is 4.25. The summed E-state index contributed by atoms with van der Waals surface area (Å²) in [5.41, 5.74) is 2.63. The first-order chi connectivity index (χ1) is 8.56. The summed E-state index contributed by atoms with van der Waals surface area (Å²) >= 11 is 0. The van der Waals surface area contributed by atoms with Crippen LogP contribution in [0.5, 0.6) is 0 Å². The number of aromatic nitrogens is 1. The summed E-state index contributed by atoms with van der Waals surface area (Å²) in [4.78, 5) is 26.2. The molecular formula is C14H14N2O2. The molecule has 0 unspecified atom stereocenters.